The van der Waals surface area contributed by atoms with E-state index < -0.39 is 0 Å². The normalized spacial score (nSPS) is 19.4. The third kappa shape index (κ3) is 4.32. The first-order valence-corrected chi connectivity index (χ1v) is 12.1. The number of hydrogen-bond acceptors (Lipinski definition) is 4. The van der Waals surface area contributed by atoms with Crippen LogP contribution in [0.4, 0.5) is 5.69 Å². The number of benzene rings is 3. The van der Waals surface area contributed by atoms with Gasteiger partial charge < -0.3 is 19.7 Å². The van der Waals surface area contributed by atoms with Crippen LogP contribution in [-0.4, -0.2) is 42.5 Å². The zero-order valence-corrected chi connectivity index (χ0v) is 19.7. The number of carbonyl (C=O) groups is 2. The van der Waals surface area contributed by atoms with E-state index in [1.54, 1.807) is 0 Å². The molecule has 6 nitrogen and oxygen atoms in total. The SMILES string of the molecule is CCOc1cc2c(cc1NC(=O)[C@H]1CCCN(C(=O)c3cccc4ccccc34)C1)O[C@H](C)C2. The Bertz CT molecular complexity index is 1230. The van der Waals surface area contributed by atoms with E-state index in [1.807, 2.05) is 73.3 Å². The smallest absolute Gasteiger partial charge is 0.254 e. The van der Waals surface area contributed by atoms with Crippen LogP contribution < -0.4 is 14.8 Å². The first kappa shape index (κ1) is 22.3. The maximum absolute atomic E-state index is 13.4. The summed E-state index contributed by atoms with van der Waals surface area (Å²) in [5.41, 5.74) is 2.40. The molecule has 2 amide bonds. The predicted molar refractivity (Wildman–Crippen MR) is 133 cm³/mol. The molecule has 1 fully saturated rings. The summed E-state index contributed by atoms with van der Waals surface area (Å²) in [5.74, 6) is 1.05. The number of nitrogens with one attached hydrogen (secondary N) is 1. The molecule has 0 aliphatic carbocycles. The molecule has 6 heteroatoms. The molecule has 0 spiro atoms. The number of ether oxygens (including phenoxy) is 2. The summed E-state index contributed by atoms with van der Waals surface area (Å²) in [6.07, 6.45) is 2.48. The molecular weight excluding hydrogens is 428 g/mol. The van der Waals surface area contributed by atoms with E-state index in [1.165, 1.54) is 0 Å². The van der Waals surface area contributed by atoms with Gasteiger partial charge in [-0.15, -0.1) is 0 Å². The summed E-state index contributed by atoms with van der Waals surface area (Å²) in [7, 11) is 0. The molecule has 3 aromatic rings. The van der Waals surface area contributed by atoms with Crippen molar-refractivity contribution in [2.75, 3.05) is 25.0 Å². The van der Waals surface area contributed by atoms with Crippen LogP contribution in [0.5, 0.6) is 11.5 Å². The lowest BCUT2D eigenvalue weighted by Gasteiger charge is -2.32. The summed E-state index contributed by atoms with van der Waals surface area (Å²) in [5, 5.41) is 5.03. The van der Waals surface area contributed by atoms with E-state index in [4.69, 9.17) is 9.47 Å². The van der Waals surface area contributed by atoms with Gasteiger partial charge in [0.25, 0.3) is 5.91 Å². The van der Waals surface area contributed by atoms with E-state index in [9.17, 15) is 9.59 Å². The van der Waals surface area contributed by atoms with Gasteiger partial charge in [0.2, 0.25) is 5.91 Å². The molecule has 34 heavy (non-hydrogen) atoms. The summed E-state index contributed by atoms with van der Waals surface area (Å²) >= 11 is 0. The number of likely N-dealkylation sites (tertiary alicyclic amines) is 1. The van der Waals surface area contributed by atoms with Crippen LogP contribution in [0.2, 0.25) is 0 Å². The minimum Gasteiger partial charge on any atom is -0.492 e. The zero-order chi connectivity index (χ0) is 23.7. The minimum absolute atomic E-state index is 0.0239. The van der Waals surface area contributed by atoms with Crippen molar-refractivity contribution >= 4 is 28.3 Å². The van der Waals surface area contributed by atoms with Crippen LogP contribution in [0.3, 0.4) is 0 Å². The number of nitrogens with zero attached hydrogens (tertiary/aromatic N) is 1. The molecule has 2 atom stereocenters. The van der Waals surface area contributed by atoms with Gasteiger partial charge in [0, 0.05) is 36.7 Å². The van der Waals surface area contributed by atoms with Crippen LogP contribution in [0, 0.1) is 5.92 Å². The topological polar surface area (TPSA) is 67.9 Å². The fourth-order valence-corrected chi connectivity index (χ4v) is 5.00. The fourth-order valence-electron chi connectivity index (χ4n) is 5.00. The van der Waals surface area contributed by atoms with Gasteiger partial charge in [-0.25, -0.2) is 0 Å². The molecule has 1 saturated heterocycles. The van der Waals surface area contributed by atoms with Crippen molar-refractivity contribution in [1.29, 1.82) is 0 Å². The van der Waals surface area contributed by atoms with Gasteiger partial charge in [0.05, 0.1) is 18.2 Å². The van der Waals surface area contributed by atoms with Crippen molar-refractivity contribution in [3.05, 3.63) is 65.7 Å². The Morgan fingerprint density at radius 1 is 1.15 bits per heavy atom. The first-order chi connectivity index (χ1) is 16.5. The number of fused-ring (bicyclic) bond motifs is 2. The van der Waals surface area contributed by atoms with E-state index >= 15 is 0 Å². The van der Waals surface area contributed by atoms with E-state index in [0.717, 1.165) is 41.3 Å². The van der Waals surface area contributed by atoms with Crippen molar-refractivity contribution < 1.29 is 19.1 Å². The Kier molecular flexibility index (Phi) is 6.14. The third-order valence-electron chi connectivity index (χ3n) is 6.66. The number of carbonyl (C=O) groups excluding carboxylic acids is 2. The predicted octanol–water partition coefficient (Wildman–Crippen LogP) is 5.05. The second-order valence-corrected chi connectivity index (χ2v) is 9.13. The van der Waals surface area contributed by atoms with Gasteiger partial charge >= 0.3 is 0 Å². The molecule has 0 bridgehead atoms. The largest absolute Gasteiger partial charge is 0.492 e. The number of hydrogen-bond donors (Lipinski definition) is 1. The Morgan fingerprint density at radius 3 is 2.82 bits per heavy atom. The molecule has 3 aromatic carbocycles. The molecule has 176 valence electrons. The van der Waals surface area contributed by atoms with Gasteiger partial charge in [-0.05, 0) is 49.6 Å². The van der Waals surface area contributed by atoms with Crippen molar-refractivity contribution in [1.82, 2.24) is 4.90 Å². The summed E-state index contributed by atoms with van der Waals surface area (Å²) in [6, 6.07) is 17.5. The Labute approximate surface area is 199 Å². The molecule has 0 aromatic heterocycles. The molecular formula is C28H30N2O4. The van der Waals surface area contributed by atoms with E-state index in [0.29, 0.717) is 36.7 Å². The van der Waals surface area contributed by atoms with Gasteiger partial charge in [-0.2, -0.15) is 0 Å². The van der Waals surface area contributed by atoms with Crippen LogP contribution >= 0.6 is 0 Å². The van der Waals surface area contributed by atoms with Crippen LogP contribution in [0.15, 0.2) is 54.6 Å². The molecule has 0 unspecified atom stereocenters. The molecule has 0 saturated carbocycles. The standard InChI is InChI=1S/C28H30N2O4/c1-3-33-26-15-21-14-18(2)34-25(21)16-24(26)29-27(31)20-10-7-13-30(17-20)28(32)23-12-6-9-19-8-4-5-11-22(19)23/h4-6,8-9,11-12,15-16,18,20H,3,7,10,13-14,17H2,1-2H3,(H,29,31)/t18-,20+/m1/s1. The lowest BCUT2D eigenvalue weighted by Crippen LogP contribution is -2.43. The second-order valence-electron chi connectivity index (χ2n) is 9.13. The first-order valence-electron chi connectivity index (χ1n) is 12.1. The Morgan fingerprint density at radius 2 is 1.97 bits per heavy atom. The number of amides is 2. The van der Waals surface area contributed by atoms with Crippen molar-refractivity contribution in [2.24, 2.45) is 5.92 Å². The van der Waals surface area contributed by atoms with Gasteiger partial charge in [-0.3, -0.25) is 9.59 Å². The molecule has 0 radical (unpaired) electrons. The second kappa shape index (κ2) is 9.37. The highest BCUT2D eigenvalue weighted by atomic mass is 16.5. The highest BCUT2D eigenvalue weighted by molar-refractivity contribution is 6.07. The molecule has 5 rings (SSSR count). The van der Waals surface area contributed by atoms with Crippen LogP contribution in [0.1, 0.15) is 42.6 Å². The maximum Gasteiger partial charge on any atom is 0.254 e. The Hall–Kier alpha value is -3.54. The Balaban J connectivity index is 1.33. The summed E-state index contributed by atoms with van der Waals surface area (Å²) in [4.78, 5) is 28.5. The number of rotatable bonds is 5. The van der Waals surface area contributed by atoms with E-state index in [2.05, 4.69) is 5.32 Å². The van der Waals surface area contributed by atoms with Crippen molar-refractivity contribution in [2.45, 2.75) is 39.2 Å². The lowest BCUT2D eigenvalue weighted by molar-refractivity contribution is -0.121. The van der Waals surface area contributed by atoms with Crippen LogP contribution in [-0.2, 0) is 11.2 Å². The average molecular weight is 459 g/mol. The maximum atomic E-state index is 13.4. The fraction of sp³-hybridized carbons (Fsp3) is 0.357. The zero-order valence-electron chi connectivity index (χ0n) is 19.7. The molecule has 2 aliphatic rings. The van der Waals surface area contributed by atoms with Crippen LogP contribution in [0.25, 0.3) is 10.8 Å². The lowest BCUT2D eigenvalue weighted by atomic mass is 9.95. The average Bonchev–Trinajstić information content (AvgIpc) is 3.22. The van der Waals surface area contributed by atoms with Crippen molar-refractivity contribution in [3.8, 4) is 11.5 Å². The number of piperidine rings is 1. The van der Waals surface area contributed by atoms with E-state index in [-0.39, 0.29) is 23.8 Å². The minimum atomic E-state index is -0.282. The monoisotopic (exact) mass is 458 g/mol. The summed E-state index contributed by atoms with van der Waals surface area (Å²) < 4.78 is 11.7. The van der Waals surface area contributed by atoms with Gasteiger partial charge in [0.1, 0.15) is 17.6 Å². The highest BCUT2D eigenvalue weighted by Crippen LogP contribution is 2.38. The third-order valence-corrected chi connectivity index (χ3v) is 6.66. The van der Waals surface area contributed by atoms with Gasteiger partial charge in [-0.1, -0.05) is 36.4 Å². The molecule has 2 aliphatic heterocycles. The van der Waals surface area contributed by atoms with Gasteiger partial charge in [0.15, 0.2) is 0 Å². The summed E-state index contributed by atoms with van der Waals surface area (Å²) in [6.45, 7) is 5.52. The molecule has 2 heterocycles. The quantitative estimate of drug-likeness (QED) is 0.581. The van der Waals surface area contributed by atoms with Crippen molar-refractivity contribution in [3.63, 3.8) is 0 Å². The highest BCUT2D eigenvalue weighted by Gasteiger charge is 2.30. The molecule has 1 N–H and O–H groups in total. The number of anilines is 1.